The second-order valence-electron chi connectivity index (χ2n) is 5.97. The van der Waals surface area contributed by atoms with Crippen molar-refractivity contribution in [2.24, 2.45) is 0 Å². The van der Waals surface area contributed by atoms with Crippen LogP contribution in [0.1, 0.15) is 27.2 Å². The molecule has 0 aliphatic carbocycles. The Labute approximate surface area is 125 Å². The Hall–Kier alpha value is -1.98. The number of carbonyl (C=O) groups is 1. The van der Waals surface area contributed by atoms with E-state index in [9.17, 15) is 4.79 Å². The van der Waals surface area contributed by atoms with Crippen LogP contribution in [0.25, 0.3) is 0 Å². The molecule has 0 saturated carbocycles. The summed E-state index contributed by atoms with van der Waals surface area (Å²) in [4.78, 5) is 17.8. The number of hydrogen-bond donors (Lipinski definition) is 0. The van der Waals surface area contributed by atoms with E-state index in [0.29, 0.717) is 24.8 Å². The lowest BCUT2D eigenvalue weighted by molar-refractivity contribution is 0.0274. The summed E-state index contributed by atoms with van der Waals surface area (Å²) in [7, 11) is 1.56. The summed E-state index contributed by atoms with van der Waals surface area (Å²) in [5, 5.41) is 0. The second-order valence-corrected chi connectivity index (χ2v) is 5.97. The molecule has 1 aliphatic rings. The quantitative estimate of drug-likeness (QED) is 0.857. The molecular formula is C15H22N2O4. The molecule has 1 atom stereocenters. The van der Waals surface area contributed by atoms with Gasteiger partial charge in [-0.3, -0.25) is 0 Å². The minimum Gasteiger partial charge on any atom is -0.481 e. The van der Waals surface area contributed by atoms with Crippen LogP contribution in [0.4, 0.5) is 4.79 Å². The first kappa shape index (κ1) is 15.4. The monoisotopic (exact) mass is 294 g/mol. The van der Waals surface area contributed by atoms with Crippen LogP contribution in [0.5, 0.6) is 11.8 Å². The maximum Gasteiger partial charge on any atom is 0.410 e. The van der Waals surface area contributed by atoms with Gasteiger partial charge in [-0.1, -0.05) is 6.07 Å². The van der Waals surface area contributed by atoms with E-state index in [2.05, 4.69) is 4.98 Å². The molecule has 2 rings (SSSR count). The number of hydrogen-bond acceptors (Lipinski definition) is 5. The minimum absolute atomic E-state index is 0.0721. The summed E-state index contributed by atoms with van der Waals surface area (Å²) >= 11 is 0. The first-order valence-electron chi connectivity index (χ1n) is 7.03. The number of pyridine rings is 1. The molecule has 6 nitrogen and oxygen atoms in total. The molecule has 1 saturated heterocycles. The van der Waals surface area contributed by atoms with Crippen LogP contribution in [0.2, 0.25) is 0 Å². The molecule has 0 spiro atoms. The molecule has 0 radical (unpaired) electrons. The summed E-state index contributed by atoms with van der Waals surface area (Å²) in [5.74, 6) is 1.01. The van der Waals surface area contributed by atoms with E-state index >= 15 is 0 Å². The smallest absolute Gasteiger partial charge is 0.410 e. The fraction of sp³-hybridized carbons (Fsp3) is 0.600. The number of likely N-dealkylation sites (tertiary alicyclic amines) is 1. The molecule has 1 aromatic heterocycles. The van der Waals surface area contributed by atoms with E-state index < -0.39 is 5.60 Å². The fourth-order valence-electron chi connectivity index (χ4n) is 2.06. The molecule has 1 aromatic rings. The Morgan fingerprint density at radius 2 is 2.05 bits per heavy atom. The molecule has 0 aromatic carbocycles. The molecule has 0 unspecified atom stereocenters. The molecule has 1 aliphatic heterocycles. The normalized spacial score (nSPS) is 18.5. The van der Waals surface area contributed by atoms with Gasteiger partial charge in [-0.2, -0.15) is 4.98 Å². The zero-order valence-corrected chi connectivity index (χ0v) is 13.0. The van der Waals surface area contributed by atoms with Crippen molar-refractivity contribution in [1.82, 2.24) is 9.88 Å². The van der Waals surface area contributed by atoms with Gasteiger partial charge in [0.2, 0.25) is 11.8 Å². The molecule has 1 amide bonds. The van der Waals surface area contributed by atoms with Crippen molar-refractivity contribution in [3.05, 3.63) is 18.2 Å². The first-order valence-corrected chi connectivity index (χ1v) is 7.03. The van der Waals surface area contributed by atoms with E-state index in [0.717, 1.165) is 6.42 Å². The molecule has 6 heteroatoms. The van der Waals surface area contributed by atoms with Gasteiger partial charge >= 0.3 is 6.09 Å². The highest BCUT2D eigenvalue weighted by Gasteiger charge is 2.31. The molecule has 2 heterocycles. The zero-order chi connectivity index (χ0) is 15.5. The topological polar surface area (TPSA) is 60.9 Å². The van der Waals surface area contributed by atoms with E-state index in [-0.39, 0.29) is 12.2 Å². The number of rotatable bonds is 3. The van der Waals surface area contributed by atoms with Crippen molar-refractivity contribution in [3.8, 4) is 11.8 Å². The molecule has 1 fully saturated rings. The first-order chi connectivity index (χ1) is 9.87. The van der Waals surface area contributed by atoms with Crippen molar-refractivity contribution in [3.63, 3.8) is 0 Å². The number of nitrogens with zero attached hydrogens (tertiary/aromatic N) is 2. The molecule has 0 N–H and O–H groups in total. The predicted octanol–water partition coefficient (Wildman–Crippen LogP) is 2.48. The number of methoxy groups -OCH3 is 1. The second kappa shape index (κ2) is 6.20. The van der Waals surface area contributed by atoms with E-state index in [1.165, 1.54) is 0 Å². The van der Waals surface area contributed by atoms with Crippen molar-refractivity contribution < 1.29 is 19.0 Å². The van der Waals surface area contributed by atoms with Crippen LogP contribution in [0.3, 0.4) is 0 Å². The average Bonchev–Trinajstić information content (AvgIpc) is 2.85. The lowest BCUT2D eigenvalue weighted by Gasteiger charge is -2.24. The Bertz CT molecular complexity index is 499. The van der Waals surface area contributed by atoms with Crippen LogP contribution in [-0.4, -0.2) is 47.9 Å². The van der Waals surface area contributed by atoms with Crippen molar-refractivity contribution in [1.29, 1.82) is 0 Å². The van der Waals surface area contributed by atoms with Crippen LogP contribution >= 0.6 is 0 Å². The molecule has 116 valence electrons. The largest absolute Gasteiger partial charge is 0.481 e. The van der Waals surface area contributed by atoms with E-state index in [4.69, 9.17) is 14.2 Å². The SMILES string of the molecule is COc1cccc(O[C@H]2CCN(C(=O)OC(C)(C)C)C2)n1. The molecule has 0 bridgehead atoms. The summed E-state index contributed by atoms with van der Waals surface area (Å²) in [6.45, 7) is 6.71. The van der Waals surface area contributed by atoms with Crippen molar-refractivity contribution >= 4 is 6.09 Å². The van der Waals surface area contributed by atoms with E-state index in [1.54, 1.807) is 24.1 Å². The van der Waals surface area contributed by atoms with Crippen LogP contribution in [0, 0.1) is 0 Å². The van der Waals surface area contributed by atoms with Crippen LogP contribution < -0.4 is 9.47 Å². The van der Waals surface area contributed by atoms with E-state index in [1.807, 2.05) is 26.8 Å². The van der Waals surface area contributed by atoms with Gasteiger partial charge in [0.1, 0.15) is 11.7 Å². The molecule has 21 heavy (non-hydrogen) atoms. The highest BCUT2D eigenvalue weighted by molar-refractivity contribution is 5.68. The number of carbonyl (C=O) groups excluding carboxylic acids is 1. The van der Waals surface area contributed by atoms with Gasteiger partial charge < -0.3 is 19.1 Å². The molecular weight excluding hydrogens is 272 g/mol. The Morgan fingerprint density at radius 1 is 1.33 bits per heavy atom. The summed E-state index contributed by atoms with van der Waals surface area (Å²) in [5.41, 5.74) is -0.482. The van der Waals surface area contributed by atoms with Crippen molar-refractivity contribution in [2.45, 2.75) is 38.9 Å². The Kier molecular flexibility index (Phi) is 4.55. The maximum absolute atomic E-state index is 12.0. The average molecular weight is 294 g/mol. The number of amides is 1. The highest BCUT2D eigenvalue weighted by Crippen LogP contribution is 2.20. The Morgan fingerprint density at radius 3 is 2.71 bits per heavy atom. The van der Waals surface area contributed by atoms with Crippen LogP contribution in [-0.2, 0) is 4.74 Å². The summed E-state index contributed by atoms with van der Waals surface area (Å²) in [6.07, 6.45) is 0.391. The van der Waals surface area contributed by atoms with Gasteiger partial charge in [-0.15, -0.1) is 0 Å². The number of aromatic nitrogens is 1. The number of ether oxygens (including phenoxy) is 3. The third-order valence-corrected chi connectivity index (χ3v) is 2.99. The Balaban J connectivity index is 1.89. The lowest BCUT2D eigenvalue weighted by atomic mass is 10.2. The minimum atomic E-state index is -0.482. The van der Waals surface area contributed by atoms with Gasteiger partial charge in [-0.25, -0.2) is 4.79 Å². The maximum atomic E-state index is 12.0. The standard InChI is InChI=1S/C15H22N2O4/c1-15(2,3)21-14(18)17-9-8-11(10-17)20-13-7-5-6-12(16-13)19-4/h5-7,11H,8-10H2,1-4H3/t11-/m0/s1. The highest BCUT2D eigenvalue weighted by atomic mass is 16.6. The van der Waals surface area contributed by atoms with Crippen LogP contribution in [0.15, 0.2) is 18.2 Å². The summed E-state index contributed by atoms with van der Waals surface area (Å²) < 4.78 is 16.2. The van der Waals surface area contributed by atoms with Gasteiger partial charge in [0.15, 0.2) is 0 Å². The fourth-order valence-corrected chi connectivity index (χ4v) is 2.06. The predicted molar refractivity (Wildman–Crippen MR) is 77.6 cm³/mol. The zero-order valence-electron chi connectivity index (χ0n) is 13.0. The van der Waals surface area contributed by atoms with Crippen molar-refractivity contribution in [2.75, 3.05) is 20.2 Å². The summed E-state index contributed by atoms with van der Waals surface area (Å²) in [6, 6.07) is 5.36. The third-order valence-electron chi connectivity index (χ3n) is 2.99. The van der Waals surface area contributed by atoms with Gasteiger partial charge in [0, 0.05) is 25.1 Å². The third kappa shape index (κ3) is 4.51. The van der Waals surface area contributed by atoms with Gasteiger partial charge in [-0.05, 0) is 20.8 Å². The van der Waals surface area contributed by atoms with Gasteiger partial charge in [0.25, 0.3) is 0 Å². The lowest BCUT2D eigenvalue weighted by Crippen LogP contribution is -2.36. The van der Waals surface area contributed by atoms with Gasteiger partial charge in [0.05, 0.1) is 13.7 Å².